The fraction of sp³-hybridized carbons (Fsp3) is 0.222. The summed E-state index contributed by atoms with van der Waals surface area (Å²) in [6.45, 7) is 4.14. The number of ketones is 1. The van der Waals surface area contributed by atoms with E-state index in [2.05, 4.69) is 4.98 Å². The van der Waals surface area contributed by atoms with E-state index in [0.717, 1.165) is 27.9 Å². The van der Waals surface area contributed by atoms with Crippen LogP contribution in [0.15, 0.2) is 72.6 Å². The first-order valence-electron chi connectivity index (χ1n) is 10.8. The molecule has 1 atom stereocenters. The maximum atomic E-state index is 13.2. The molecule has 6 nitrogen and oxygen atoms in total. The molecule has 2 aromatic carbocycles. The third-order valence-electron chi connectivity index (χ3n) is 6.12. The predicted octanol–water partition coefficient (Wildman–Crippen LogP) is 4.39. The maximum absolute atomic E-state index is 13.2. The highest BCUT2D eigenvalue weighted by Crippen LogP contribution is 2.40. The number of carbonyl (C=O) groups excluding carboxylic acids is 2. The van der Waals surface area contributed by atoms with Gasteiger partial charge in [0.05, 0.1) is 11.6 Å². The number of likely N-dealkylation sites (tertiary alicyclic amines) is 1. The van der Waals surface area contributed by atoms with E-state index in [-0.39, 0.29) is 17.9 Å². The summed E-state index contributed by atoms with van der Waals surface area (Å²) < 4.78 is 0. The molecule has 0 saturated carbocycles. The summed E-state index contributed by atoms with van der Waals surface area (Å²) in [6.07, 6.45) is 3.34. The van der Waals surface area contributed by atoms with E-state index in [1.807, 2.05) is 75.3 Å². The Labute approximate surface area is 193 Å². The summed E-state index contributed by atoms with van der Waals surface area (Å²) in [4.78, 5) is 34.0. The van der Waals surface area contributed by atoms with Gasteiger partial charge in [0, 0.05) is 44.3 Å². The van der Waals surface area contributed by atoms with Gasteiger partial charge in [-0.15, -0.1) is 0 Å². The molecular weight excluding hydrogens is 414 g/mol. The molecule has 1 saturated heterocycles. The molecule has 0 bridgehead atoms. The number of aryl methyl sites for hydroxylation is 2. The molecule has 1 unspecified atom stereocenters. The monoisotopic (exact) mass is 441 g/mol. The summed E-state index contributed by atoms with van der Waals surface area (Å²) in [5.41, 5.74) is 5.26. The number of aromatic nitrogens is 1. The molecule has 1 aromatic heterocycles. The standard InChI is InChI=1S/C27H27N3O3/c1-17-7-8-21(14-18(17)2)25(31)23-24(20-9-11-22(12-10-20)29(3)4)30(27(33)26(23)32)16-19-6-5-13-28-15-19/h5-15,24,31H,16H2,1-4H3/b25-23-. The van der Waals surface area contributed by atoms with Crippen molar-refractivity contribution in [1.82, 2.24) is 9.88 Å². The highest BCUT2D eigenvalue weighted by Gasteiger charge is 2.46. The molecule has 6 heteroatoms. The molecule has 1 amide bonds. The van der Waals surface area contributed by atoms with Gasteiger partial charge in [0.25, 0.3) is 11.7 Å². The molecule has 2 heterocycles. The fourth-order valence-corrected chi connectivity index (χ4v) is 4.08. The third kappa shape index (κ3) is 4.24. The smallest absolute Gasteiger partial charge is 0.295 e. The van der Waals surface area contributed by atoms with E-state index in [0.29, 0.717) is 5.56 Å². The van der Waals surface area contributed by atoms with E-state index in [9.17, 15) is 14.7 Å². The van der Waals surface area contributed by atoms with Crippen molar-refractivity contribution in [2.45, 2.75) is 26.4 Å². The Bertz CT molecular complexity index is 1230. The molecule has 0 aliphatic carbocycles. The zero-order valence-corrected chi connectivity index (χ0v) is 19.2. The Morgan fingerprint density at radius 1 is 1.03 bits per heavy atom. The number of hydrogen-bond donors (Lipinski definition) is 1. The Balaban J connectivity index is 1.86. The third-order valence-corrected chi connectivity index (χ3v) is 6.12. The number of Topliss-reactive ketones (excluding diaryl/α,β-unsaturated/α-hetero) is 1. The minimum absolute atomic E-state index is 0.102. The number of benzene rings is 2. The summed E-state index contributed by atoms with van der Waals surface area (Å²) >= 11 is 0. The quantitative estimate of drug-likeness (QED) is 0.361. The van der Waals surface area contributed by atoms with Crippen LogP contribution < -0.4 is 4.90 Å². The van der Waals surface area contributed by atoms with E-state index in [1.54, 1.807) is 24.5 Å². The second kappa shape index (κ2) is 8.90. The zero-order chi connectivity index (χ0) is 23.7. The first-order chi connectivity index (χ1) is 15.8. The van der Waals surface area contributed by atoms with Gasteiger partial charge in [0.2, 0.25) is 0 Å². The SMILES string of the molecule is Cc1ccc(/C(O)=C2/C(=O)C(=O)N(Cc3cccnc3)C2c2ccc(N(C)C)cc2)cc1C. The lowest BCUT2D eigenvalue weighted by atomic mass is 9.94. The molecule has 3 aromatic rings. The topological polar surface area (TPSA) is 73.7 Å². The van der Waals surface area contributed by atoms with Crippen molar-refractivity contribution >= 4 is 23.1 Å². The van der Waals surface area contributed by atoms with Gasteiger partial charge in [0.1, 0.15) is 5.76 Å². The van der Waals surface area contributed by atoms with E-state index in [1.165, 1.54) is 4.90 Å². The van der Waals surface area contributed by atoms with Gasteiger partial charge in [-0.2, -0.15) is 0 Å². The zero-order valence-electron chi connectivity index (χ0n) is 19.2. The lowest BCUT2D eigenvalue weighted by Crippen LogP contribution is -2.29. The molecule has 168 valence electrons. The maximum Gasteiger partial charge on any atom is 0.295 e. The van der Waals surface area contributed by atoms with Crippen LogP contribution in [0, 0.1) is 13.8 Å². The lowest BCUT2D eigenvalue weighted by Gasteiger charge is -2.26. The lowest BCUT2D eigenvalue weighted by molar-refractivity contribution is -0.140. The van der Waals surface area contributed by atoms with Crippen molar-refractivity contribution < 1.29 is 14.7 Å². The molecule has 1 aliphatic heterocycles. The van der Waals surface area contributed by atoms with Crippen molar-refractivity contribution in [3.8, 4) is 0 Å². The van der Waals surface area contributed by atoms with Gasteiger partial charge in [-0.25, -0.2) is 0 Å². The first-order valence-corrected chi connectivity index (χ1v) is 10.8. The Hall–Kier alpha value is -3.93. The molecule has 1 fully saturated rings. The van der Waals surface area contributed by atoms with Crippen molar-refractivity contribution in [2.75, 3.05) is 19.0 Å². The molecule has 33 heavy (non-hydrogen) atoms. The Kier molecular flexibility index (Phi) is 6.01. The number of hydrogen-bond acceptors (Lipinski definition) is 5. The Morgan fingerprint density at radius 3 is 2.36 bits per heavy atom. The summed E-state index contributed by atoms with van der Waals surface area (Å²) in [5, 5.41) is 11.2. The van der Waals surface area contributed by atoms with Gasteiger partial charge < -0.3 is 14.9 Å². The Morgan fingerprint density at radius 2 is 1.76 bits per heavy atom. The van der Waals surface area contributed by atoms with Crippen molar-refractivity contribution in [3.05, 3.63) is 100 Å². The number of anilines is 1. The molecule has 0 spiro atoms. The number of rotatable bonds is 5. The van der Waals surface area contributed by atoms with Gasteiger partial charge in [-0.05, 0) is 60.4 Å². The molecule has 4 rings (SSSR count). The second-order valence-electron chi connectivity index (χ2n) is 8.57. The van der Waals surface area contributed by atoms with Gasteiger partial charge in [-0.1, -0.05) is 30.3 Å². The van der Waals surface area contributed by atoms with Crippen LogP contribution in [0.1, 0.15) is 33.9 Å². The number of carbonyl (C=O) groups is 2. The summed E-state index contributed by atoms with van der Waals surface area (Å²) in [6, 6.07) is 16.1. The van der Waals surface area contributed by atoms with Crippen LogP contribution in [-0.4, -0.2) is 40.8 Å². The van der Waals surface area contributed by atoms with E-state index < -0.39 is 17.7 Å². The van der Waals surface area contributed by atoms with Gasteiger partial charge in [0.15, 0.2) is 0 Å². The average molecular weight is 442 g/mol. The van der Waals surface area contributed by atoms with E-state index in [4.69, 9.17) is 0 Å². The first kappa shape index (κ1) is 22.3. The number of pyridine rings is 1. The van der Waals surface area contributed by atoms with Crippen LogP contribution in [0.25, 0.3) is 5.76 Å². The van der Waals surface area contributed by atoms with Crippen LogP contribution in [0.5, 0.6) is 0 Å². The number of aliphatic hydroxyl groups is 1. The van der Waals surface area contributed by atoms with Crippen molar-refractivity contribution in [2.24, 2.45) is 0 Å². The normalized spacial score (nSPS) is 17.5. The fourth-order valence-electron chi connectivity index (χ4n) is 4.08. The van der Waals surface area contributed by atoms with Crippen LogP contribution in [0.2, 0.25) is 0 Å². The van der Waals surface area contributed by atoms with Crippen molar-refractivity contribution in [1.29, 1.82) is 0 Å². The van der Waals surface area contributed by atoms with E-state index >= 15 is 0 Å². The van der Waals surface area contributed by atoms with Gasteiger partial charge in [-0.3, -0.25) is 14.6 Å². The average Bonchev–Trinajstić information content (AvgIpc) is 3.06. The van der Waals surface area contributed by atoms with Crippen molar-refractivity contribution in [3.63, 3.8) is 0 Å². The molecule has 1 N–H and O–H groups in total. The van der Waals surface area contributed by atoms with Crippen LogP contribution in [-0.2, 0) is 16.1 Å². The molecular formula is C27H27N3O3. The van der Waals surface area contributed by atoms with Crippen LogP contribution >= 0.6 is 0 Å². The predicted molar refractivity (Wildman–Crippen MR) is 129 cm³/mol. The van der Waals surface area contributed by atoms with Crippen LogP contribution in [0.4, 0.5) is 5.69 Å². The minimum atomic E-state index is -0.706. The molecule has 0 radical (unpaired) electrons. The van der Waals surface area contributed by atoms with Crippen LogP contribution in [0.3, 0.4) is 0 Å². The highest BCUT2D eigenvalue weighted by molar-refractivity contribution is 6.46. The summed E-state index contributed by atoms with van der Waals surface area (Å²) in [7, 11) is 3.90. The number of amides is 1. The van der Waals surface area contributed by atoms with Gasteiger partial charge >= 0.3 is 0 Å². The minimum Gasteiger partial charge on any atom is -0.507 e. The molecule has 1 aliphatic rings. The summed E-state index contributed by atoms with van der Waals surface area (Å²) in [5.74, 6) is -1.48. The highest BCUT2D eigenvalue weighted by atomic mass is 16.3. The number of nitrogens with zero attached hydrogens (tertiary/aromatic N) is 3. The second-order valence-corrected chi connectivity index (χ2v) is 8.57. The largest absolute Gasteiger partial charge is 0.507 e. The number of aliphatic hydroxyl groups excluding tert-OH is 1.